The van der Waals surface area contributed by atoms with E-state index >= 15 is 0 Å². The zero-order valence-electron chi connectivity index (χ0n) is 16.6. The molecular formula is C24H19FN4O. The van der Waals surface area contributed by atoms with Crippen LogP contribution in [0, 0.1) is 12.7 Å². The number of aromatic nitrogens is 3. The molecule has 6 heteroatoms. The Kier molecular flexibility index (Phi) is 4.13. The van der Waals surface area contributed by atoms with Crippen molar-refractivity contribution in [3.8, 4) is 5.82 Å². The number of carbonyl (C=O) groups excluding carboxylic acids is 1. The summed E-state index contributed by atoms with van der Waals surface area (Å²) in [5.74, 6) is -0.0243. The molecule has 0 aliphatic rings. The zero-order chi connectivity index (χ0) is 20.8. The number of fused-ring (bicyclic) bond motifs is 2. The van der Waals surface area contributed by atoms with E-state index in [4.69, 9.17) is 0 Å². The first-order chi connectivity index (χ1) is 14.5. The van der Waals surface area contributed by atoms with E-state index < -0.39 is 0 Å². The van der Waals surface area contributed by atoms with Gasteiger partial charge in [-0.3, -0.25) is 9.36 Å². The molecule has 5 rings (SSSR count). The molecule has 0 bridgehead atoms. The molecule has 30 heavy (non-hydrogen) atoms. The molecule has 0 radical (unpaired) electrons. The molecule has 0 aliphatic carbocycles. The first-order valence-electron chi connectivity index (χ1n) is 9.60. The van der Waals surface area contributed by atoms with Crippen LogP contribution in [-0.2, 0) is 7.05 Å². The van der Waals surface area contributed by atoms with Crippen LogP contribution in [0.15, 0.2) is 73.1 Å². The van der Waals surface area contributed by atoms with Crippen LogP contribution < -0.4 is 5.32 Å². The second-order valence-electron chi connectivity index (χ2n) is 7.41. The minimum Gasteiger partial charge on any atom is -0.351 e. The van der Waals surface area contributed by atoms with Crippen molar-refractivity contribution in [2.75, 3.05) is 5.32 Å². The molecule has 1 amide bonds. The monoisotopic (exact) mass is 398 g/mol. The third-order valence-electron chi connectivity index (χ3n) is 5.27. The summed E-state index contributed by atoms with van der Waals surface area (Å²) in [4.78, 5) is 17.7. The first kappa shape index (κ1) is 18.1. The summed E-state index contributed by atoms with van der Waals surface area (Å²) in [6.07, 6.45) is 3.68. The normalized spacial score (nSPS) is 11.3. The molecule has 5 nitrogen and oxygen atoms in total. The van der Waals surface area contributed by atoms with Crippen LogP contribution in [-0.4, -0.2) is 20.0 Å². The minimum absolute atomic E-state index is 0.287. The van der Waals surface area contributed by atoms with Crippen molar-refractivity contribution in [1.82, 2.24) is 14.1 Å². The predicted molar refractivity (Wildman–Crippen MR) is 117 cm³/mol. The summed E-state index contributed by atoms with van der Waals surface area (Å²) in [7, 11) is 1.98. The number of benzene rings is 2. The number of hydrogen-bond acceptors (Lipinski definition) is 2. The van der Waals surface area contributed by atoms with E-state index in [1.807, 2.05) is 61.1 Å². The second kappa shape index (κ2) is 6.84. The van der Waals surface area contributed by atoms with Gasteiger partial charge in [-0.05, 0) is 73.2 Å². The highest BCUT2D eigenvalue weighted by Crippen LogP contribution is 2.26. The number of nitrogens with one attached hydrogen (secondary N) is 1. The summed E-state index contributed by atoms with van der Waals surface area (Å²) >= 11 is 0. The number of aryl methyl sites for hydroxylation is 2. The van der Waals surface area contributed by atoms with Crippen LogP contribution in [0.5, 0.6) is 0 Å². The van der Waals surface area contributed by atoms with E-state index in [9.17, 15) is 9.18 Å². The molecule has 0 atom stereocenters. The number of hydrogen-bond donors (Lipinski definition) is 1. The molecule has 0 saturated carbocycles. The summed E-state index contributed by atoms with van der Waals surface area (Å²) in [6.45, 7) is 1.96. The van der Waals surface area contributed by atoms with Gasteiger partial charge in [-0.1, -0.05) is 0 Å². The maximum Gasteiger partial charge on any atom is 0.272 e. The molecule has 1 N–H and O–H groups in total. The van der Waals surface area contributed by atoms with Gasteiger partial charge in [0.1, 0.15) is 17.3 Å². The number of halogens is 1. The number of pyridine rings is 1. The van der Waals surface area contributed by atoms with Crippen molar-refractivity contribution in [1.29, 1.82) is 0 Å². The van der Waals surface area contributed by atoms with Gasteiger partial charge in [0.05, 0.1) is 5.52 Å². The Bertz CT molecular complexity index is 1430. The van der Waals surface area contributed by atoms with E-state index in [0.717, 1.165) is 22.0 Å². The SMILES string of the molecule is Cc1ccnc(-n2c(C(=O)Nc3ccc4c(ccn4C)c3)cc3cc(F)ccc32)c1. The quantitative estimate of drug-likeness (QED) is 0.453. The Labute approximate surface area is 172 Å². The fraction of sp³-hybridized carbons (Fsp3) is 0.0833. The lowest BCUT2D eigenvalue weighted by molar-refractivity contribution is 0.102. The van der Waals surface area contributed by atoms with E-state index in [1.165, 1.54) is 12.1 Å². The van der Waals surface area contributed by atoms with Gasteiger partial charge in [-0.2, -0.15) is 0 Å². The van der Waals surface area contributed by atoms with Gasteiger partial charge >= 0.3 is 0 Å². The maximum atomic E-state index is 13.8. The smallest absolute Gasteiger partial charge is 0.272 e. The van der Waals surface area contributed by atoms with E-state index in [2.05, 4.69) is 10.3 Å². The zero-order valence-corrected chi connectivity index (χ0v) is 16.6. The van der Waals surface area contributed by atoms with Crippen molar-refractivity contribution in [3.05, 3.63) is 90.1 Å². The topological polar surface area (TPSA) is 51.9 Å². The Morgan fingerprint density at radius 3 is 2.63 bits per heavy atom. The standard InChI is InChI=1S/C24H19FN4O/c1-15-7-9-26-23(11-15)29-21-5-3-18(25)12-17(21)14-22(29)24(30)27-19-4-6-20-16(13-19)8-10-28(20)2/h3-14H,1-2H3,(H,27,30). The summed E-state index contributed by atoms with van der Waals surface area (Å²) < 4.78 is 17.6. The van der Waals surface area contributed by atoms with E-state index in [-0.39, 0.29) is 11.7 Å². The van der Waals surface area contributed by atoms with Crippen molar-refractivity contribution in [3.63, 3.8) is 0 Å². The third kappa shape index (κ3) is 3.03. The van der Waals surface area contributed by atoms with Crippen LogP contribution >= 0.6 is 0 Å². The summed E-state index contributed by atoms with van der Waals surface area (Å²) in [5.41, 5.74) is 3.91. The molecular weight excluding hydrogens is 379 g/mol. The molecule has 0 aliphatic heterocycles. The van der Waals surface area contributed by atoms with Crippen molar-refractivity contribution >= 4 is 33.4 Å². The number of amides is 1. The van der Waals surface area contributed by atoms with Crippen LogP contribution in [0.3, 0.4) is 0 Å². The maximum absolute atomic E-state index is 13.8. The minimum atomic E-state index is -0.349. The lowest BCUT2D eigenvalue weighted by atomic mass is 10.2. The number of rotatable bonds is 3. The number of anilines is 1. The Morgan fingerprint density at radius 2 is 1.80 bits per heavy atom. The molecule has 3 aromatic heterocycles. The lowest BCUT2D eigenvalue weighted by Crippen LogP contribution is -2.16. The highest BCUT2D eigenvalue weighted by Gasteiger charge is 2.19. The van der Waals surface area contributed by atoms with Gasteiger partial charge in [-0.15, -0.1) is 0 Å². The van der Waals surface area contributed by atoms with Crippen LogP contribution in [0.25, 0.3) is 27.6 Å². The summed E-state index contributed by atoms with van der Waals surface area (Å²) in [5, 5.41) is 4.65. The highest BCUT2D eigenvalue weighted by molar-refractivity contribution is 6.07. The first-order valence-corrected chi connectivity index (χ1v) is 9.60. The molecule has 2 aromatic carbocycles. The molecule has 0 unspecified atom stereocenters. The van der Waals surface area contributed by atoms with Crippen LogP contribution in [0.2, 0.25) is 0 Å². The average molecular weight is 398 g/mol. The molecule has 0 fully saturated rings. The largest absolute Gasteiger partial charge is 0.351 e. The Hall–Kier alpha value is -3.93. The number of nitrogens with zero attached hydrogens (tertiary/aromatic N) is 3. The molecule has 5 aromatic rings. The van der Waals surface area contributed by atoms with Crippen molar-refractivity contribution < 1.29 is 9.18 Å². The van der Waals surface area contributed by atoms with Gasteiger partial charge < -0.3 is 9.88 Å². The average Bonchev–Trinajstić information content (AvgIpc) is 3.28. The van der Waals surface area contributed by atoms with Gasteiger partial charge in [0.15, 0.2) is 0 Å². The van der Waals surface area contributed by atoms with Gasteiger partial charge in [0, 0.05) is 41.4 Å². The third-order valence-corrected chi connectivity index (χ3v) is 5.27. The lowest BCUT2D eigenvalue weighted by Gasteiger charge is -2.11. The van der Waals surface area contributed by atoms with Crippen LogP contribution in [0.1, 0.15) is 16.1 Å². The van der Waals surface area contributed by atoms with E-state index in [0.29, 0.717) is 22.6 Å². The molecule has 3 heterocycles. The van der Waals surface area contributed by atoms with Gasteiger partial charge in [-0.25, -0.2) is 9.37 Å². The van der Waals surface area contributed by atoms with Gasteiger partial charge in [0.2, 0.25) is 0 Å². The molecule has 0 spiro atoms. The van der Waals surface area contributed by atoms with E-state index in [1.54, 1.807) is 22.9 Å². The summed E-state index contributed by atoms with van der Waals surface area (Å²) in [6, 6.07) is 17.7. The highest BCUT2D eigenvalue weighted by atomic mass is 19.1. The van der Waals surface area contributed by atoms with Crippen LogP contribution in [0.4, 0.5) is 10.1 Å². The molecule has 0 saturated heterocycles. The second-order valence-corrected chi connectivity index (χ2v) is 7.41. The van der Waals surface area contributed by atoms with Gasteiger partial charge in [0.25, 0.3) is 5.91 Å². The molecule has 148 valence electrons. The Morgan fingerprint density at radius 1 is 0.967 bits per heavy atom. The van der Waals surface area contributed by atoms with Crippen molar-refractivity contribution in [2.45, 2.75) is 6.92 Å². The Balaban J connectivity index is 1.61. The predicted octanol–water partition coefficient (Wildman–Crippen LogP) is 5.22. The fourth-order valence-electron chi connectivity index (χ4n) is 3.80. The number of carbonyl (C=O) groups is 1. The fourth-order valence-corrected chi connectivity index (χ4v) is 3.80. The van der Waals surface area contributed by atoms with Crippen molar-refractivity contribution in [2.24, 2.45) is 7.05 Å².